The molecule has 0 aromatic carbocycles. The molecule has 1 aromatic heterocycles. The summed E-state index contributed by atoms with van der Waals surface area (Å²) < 4.78 is 0. The van der Waals surface area contributed by atoms with Crippen LogP contribution in [0.25, 0.3) is 0 Å². The van der Waals surface area contributed by atoms with Crippen LogP contribution < -0.4 is 29.6 Å². The van der Waals surface area contributed by atoms with Gasteiger partial charge in [-0.05, 0) is 0 Å². The zero-order valence-electron chi connectivity index (χ0n) is 5.20. The van der Waals surface area contributed by atoms with Crippen LogP contribution in [0.15, 0.2) is 24.8 Å². The van der Waals surface area contributed by atoms with E-state index < -0.39 is 0 Å². The second-order valence-corrected chi connectivity index (χ2v) is 0.894. The van der Waals surface area contributed by atoms with Gasteiger partial charge in [0.15, 0.2) is 0 Å². The summed E-state index contributed by atoms with van der Waals surface area (Å²) in [5.41, 5.74) is 0. The van der Waals surface area contributed by atoms with Crippen LogP contribution in [-0.4, -0.2) is 9.97 Å². The summed E-state index contributed by atoms with van der Waals surface area (Å²) in [6.45, 7) is 0. The molecule has 0 spiro atoms. The summed E-state index contributed by atoms with van der Waals surface area (Å²) in [6, 6.07) is 0. The average Bonchev–Trinajstić information content (AvgIpc) is 1.72. The van der Waals surface area contributed by atoms with Crippen molar-refractivity contribution in [2.45, 2.75) is 0 Å². The van der Waals surface area contributed by atoms with Crippen LogP contribution in [0, 0.1) is 0 Å². The van der Waals surface area contributed by atoms with Gasteiger partial charge in [0.1, 0.15) is 0 Å². The van der Waals surface area contributed by atoms with Crippen molar-refractivity contribution in [3.05, 3.63) is 24.8 Å². The molecular formula is C4H5N2Na. The van der Waals surface area contributed by atoms with Gasteiger partial charge < -0.3 is 1.43 Å². The van der Waals surface area contributed by atoms with Crippen LogP contribution in [0.1, 0.15) is 1.43 Å². The Bertz CT molecular complexity index is 86.0. The van der Waals surface area contributed by atoms with Gasteiger partial charge in [-0.2, -0.15) is 0 Å². The topological polar surface area (TPSA) is 25.8 Å². The molecule has 0 unspecified atom stereocenters. The van der Waals surface area contributed by atoms with E-state index >= 15 is 0 Å². The maximum absolute atomic E-state index is 3.72. The molecule has 32 valence electrons. The molecule has 0 N–H and O–H groups in total. The second-order valence-electron chi connectivity index (χ2n) is 0.894. The first kappa shape index (κ1) is 7.08. The molecule has 7 heavy (non-hydrogen) atoms. The molecule has 0 aliphatic heterocycles. The van der Waals surface area contributed by atoms with Crippen LogP contribution in [0.4, 0.5) is 0 Å². The molecule has 0 saturated carbocycles. The van der Waals surface area contributed by atoms with E-state index in [2.05, 4.69) is 9.97 Å². The fourth-order valence-electron chi connectivity index (χ4n) is 0.253. The van der Waals surface area contributed by atoms with Gasteiger partial charge in [-0.1, -0.05) is 0 Å². The van der Waals surface area contributed by atoms with Crippen LogP contribution in [0.3, 0.4) is 0 Å². The Morgan fingerprint density at radius 2 is 1.14 bits per heavy atom. The molecular weight excluding hydrogens is 99.0 g/mol. The van der Waals surface area contributed by atoms with Gasteiger partial charge in [-0.25, -0.2) is 0 Å². The first-order valence-corrected chi connectivity index (χ1v) is 1.70. The van der Waals surface area contributed by atoms with Crippen LogP contribution in [0.2, 0.25) is 0 Å². The van der Waals surface area contributed by atoms with E-state index in [9.17, 15) is 0 Å². The number of rotatable bonds is 0. The fourth-order valence-corrected chi connectivity index (χ4v) is 0.253. The zero-order chi connectivity index (χ0) is 4.24. The van der Waals surface area contributed by atoms with Crippen LogP contribution in [0.5, 0.6) is 0 Å². The molecule has 0 atom stereocenters. The predicted molar refractivity (Wildman–Crippen MR) is 23.1 cm³/mol. The Balaban J connectivity index is 0. The zero-order valence-corrected chi connectivity index (χ0v) is 6.20. The van der Waals surface area contributed by atoms with E-state index in [1.54, 1.807) is 24.8 Å². The summed E-state index contributed by atoms with van der Waals surface area (Å²) in [5.74, 6) is 0. The van der Waals surface area contributed by atoms with Crippen molar-refractivity contribution in [1.29, 1.82) is 0 Å². The molecule has 1 rings (SSSR count). The monoisotopic (exact) mass is 104 g/mol. The standard InChI is InChI=1S/C4H4N2.Na.H/c1-2-6-4-3-5-1;;/h1-4H;;/q;+1;-1. The maximum Gasteiger partial charge on any atom is 1.00 e. The molecule has 2 nitrogen and oxygen atoms in total. The number of hydrogen-bond donors (Lipinski definition) is 0. The molecule has 0 radical (unpaired) electrons. The maximum atomic E-state index is 3.72. The smallest absolute Gasteiger partial charge is 1.00 e. The van der Waals surface area contributed by atoms with Gasteiger partial charge in [-0.3, -0.25) is 9.97 Å². The van der Waals surface area contributed by atoms with Crippen molar-refractivity contribution in [1.82, 2.24) is 9.97 Å². The van der Waals surface area contributed by atoms with Crippen molar-refractivity contribution < 1.29 is 31.0 Å². The van der Waals surface area contributed by atoms with Gasteiger partial charge in [0.2, 0.25) is 0 Å². The van der Waals surface area contributed by atoms with E-state index in [-0.39, 0.29) is 31.0 Å². The molecule has 3 heteroatoms. The van der Waals surface area contributed by atoms with Crippen LogP contribution >= 0.6 is 0 Å². The van der Waals surface area contributed by atoms with Gasteiger partial charge >= 0.3 is 29.6 Å². The van der Waals surface area contributed by atoms with E-state index in [0.717, 1.165) is 0 Å². The minimum atomic E-state index is 0. The second kappa shape index (κ2) is 4.24. The van der Waals surface area contributed by atoms with Crippen molar-refractivity contribution in [3.63, 3.8) is 0 Å². The predicted octanol–water partition coefficient (Wildman–Crippen LogP) is -2.41. The number of hydrogen-bond acceptors (Lipinski definition) is 2. The van der Waals surface area contributed by atoms with Gasteiger partial charge in [0.25, 0.3) is 0 Å². The van der Waals surface area contributed by atoms with Crippen LogP contribution in [-0.2, 0) is 0 Å². The Kier molecular flexibility index (Phi) is 4.29. The molecule has 0 bridgehead atoms. The van der Waals surface area contributed by atoms with Gasteiger partial charge in [-0.15, -0.1) is 0 Å². The van der Waals surface area contributed by atoms with Gasteiger partial charge in [0, 0.05) is 24.8 Å². The van der Waals surface area contributed by atoms with E-state index in [0.29, 0.717) is 0 Å². The summed E-state index contributed by atoms with van der Waals surface area (Å²) in [5, 5.41) is 0. The van der Waals surface area contributed by atoms with E-state index in [1.807, 2.05) is 0 Å². The SMILES string of the molecule is [H-].[Na+].c1cnccn1. The Morgan fingerprint density at radius 3 is 1.29 bits per heavy atom. The van der Waals surface area contributed by atoms with E-state index in [4.69, 9.17) is 0 Å². The largest absolute Gasteiger partial charge is 1.00 e. The van der Waals surface area contributed by atoms with Crippen molar-refractivity contribution in [2.24, 2.45) is 0 Å². The molecule has 0 saturated heterocycles. The Labute approximate surface area is 65.8 Å². The normalized spacial score (nSPS) is 6.86. The minimum absolute atomic E-state index is 0. The molecule has 0 amide bonds. The summed E-state index contributed by atoms with van der Waals surface area (Å²) in [7, 11) is 0. The molecule has 0 fully saturated rings. The third-order valence-electron chi connectivity index (χ3n) is 0.478. The van der Waals surface area contributed by atoms with Crippen molar-refractivity contribution in [2.75, 3.05) is 0 Å². The number of nitrogens with zero attached hydrogens (tertiary/aromatic N) is 2. The minimum Gasteiger partial charge on any atom is -1.00 e. The van der Waals surface area contributed by atoms with Crippen molar-refractivity contribution in [3.8, 4) is 0 Å². The molecule has 1 heterocycles. The summed E-state index contributed by atoms with van der Waals surface area (Å²) in [6.07, 6.45) is 6.56. The molecule has 0 aliphatic rings. The third-order valence-corrected chi connectivity index (χ3v) is 0.478. The quantitative estimate of drug-likeness (QED) is 0.343. The third kappa shape index (κ3) is 2.74. The van der Waals surface area contributed by atoms with E-state index in [1.165, 1.54) is 0 Å². The van der Waals surface area contributed by atoms with Gasteiger partial charge in [0.05, 0.1) is 0 Å². The molecule has 0 aliphatic carbocycles. The summed E-state index contributed by atoms with van der Waals surface area (Å²) >= 11 is 0. The molecule has 1 aromatic rings. The fraction of sp³-hybridized carbons (Fsp3) is 0. The Hall–Kier alpha value is 0.0800. The first-order chi connectivity index (χ1) is 3.00. The number of aromatic nitrogens is 2. The summed E-state index contributed by atoms with van der Waals surface area (Å²) in [4.78, 5) is 7.44. The first-order valence-electron chi connectivity index (χ1n) is 1.70. The van der Waals surface area contributed by atoms with Crippen molar-refractivity contribution >= 4 is 0 Å². The Morgan fingerprint density at radius 1 is 0.857 bits per heavy atom. The average molecular weight is 104 g/mol.